The van der Waals surface area contributed by atoms with Crippen LogP contribution in [0.2, 0.25) is 0 Å². The molecule has 0 aromatic heterocycles. The molecule has 59 heavy (non-hydrogen) atoms. The monoisotopic (exact) mass is 813 g/mol. The predicted octanol–water partition coefficient (Wildman–Crippen LogP) is 21.5. The van der Waals surface area contributed by atoms with E-state index in [-0.39, 0.29) is 7.43 Å². The summed E-state index contributed by atoms with van der Waals surface area (Å²) in [5, 5.41) is 0. The van der Waals surface area contributed by atoms with E-state index in [2.05, 4.69) is 179 Å². The first-order chi connectivity index (χ1) is 27.0. The van der Waals surface area contributed by atoms with Crippen LogP contribution in [0.25, 0.3) is 0 Å². The molecule has 1 aliphatic carbocycles. The number of rotatable bonds is 15. The van der Waals surface area contributed by atoms with E-state index in [0.717, 1.165) is 53.0 Å². The molecule has 0 atom stereocenters. The Balaban J connectivity index is -0.0000000869. The summed E-state index contributed by atoms with van der Waals surface area (Å²) in [7, 11) is 0. The summed E-state index contributed by atoms with van der Waals surface area (Å²) in [5.74, 6) is 0.727. The Bertz CT molecular complexity index is 1260. The van der Waals surface area contributed by atoms with Gasteiger partial charge in [-0.1, -0.05) is 265 Å². The molecule has 340 valence electrons. The molecule has 0 spiro atoms. The van der Waals surface area contributed by atoms with Crippen LogP contribution in [0.1, 0.15) is 189 Å². The van der Waals surface area contributed by atoms with Crippen LogP contribution in [0.3, 0.4) is 0 Å². The van der Waals surface area contributed by atoms with E-state index in [4.69, 9.17) is 0 Å². The molecular weight excluding hydrogens is 709 g/mol. The van der Waals surface area contributed by atoms with Crippen molar-refractivity contribution in [3.8, 4) is 0 Å². The second-order valence-corrected chi connectivity index (χ2v) is 15.1. The lowest BCUT2D eigenvalue weighted by atomic mass is 10.00. The van der Waals surface area contributed by atoms with Crippen LogP contribution < -0.4 is 0 Å². The van der Waals surface area contributed by atoms with Crippen LogP contribution in [0.4, 0.5) is 0 Å². The second-order valence-electron chi connectivity index (χ2n) is 15.1. The first kappa shape index (κ1) is 72.7. The van der Waals surface area contributed by atoms with Gasteiger partial charge >= 0.3 is 0 Å². The molecule has 0 aromatic carbocycles. The maximum Gasteiger partial charge on any atom is -0.00730 e. The highest BCUT2D eigenvalue weighted by Crippen LogP contribution is 2.22. The van der Waals surface area contributed by atoms with Gasteiger partial charge in [0.1, 0.15) is 0 Å². The van der Waals surface area contributed by atoms with E-state index in [1.165, 1.54) is 78.4 Å². The first-order valence-corrected chi connectivity index (χ1v) is 21.9. The molecular formula is C59H104. The lowest BCUT2D eigenvalue weighted by molar-refractivity contribution is 0.702. The third-order valence-corrected chi connectivity index (χ3v) is 8.08. The number of hydrogen-bond acceptors (Lipinski definition) is 0. The smallest absolute Gasteiger partial charge is 0.00730 e. The van der Waals surface area contributed by atoms with Gasteiger partial charge in [0.25, 0.3) is 0 Å². The zero-order chi connectivity index (χ0) is 47.1. The fourth-order valence-electron chi connectivity index (χ4n) is 3.58. The Morgan fingerprint density at radius 2 is 1.02 bits per heavy atom. The Hall–Kier alpha value is -3.90. The lowest BCUT2D eigenvalue weighted by Crippen LogP contribution is -1.86. The third kappa shape index (κ3) is 75.5. The van der Waals surface area contributed by atoms with E-state index >= 15 is 0 Å². The van der Waals surface area contributed by atoms with Gasteiger partial charge in [0, 0.05) is 0 Å². The SMILES string of the molecule is C.C/C=C(/C)C(C)C.C=C(/C=C\C(=C/C)C(=C)C)CC.C=C(C)CC1=CCC=C(C)C=C1C.C=CC(=C)C.C=CC(=C)C.C=CC(=C)C.CCCCC.CCCCCC. The van der Waals surface area contributed by atoms with Gasteiger partial charge in [0.2, 0.25) is 0 Å². The normalized spacial score (nSPS) is 11.1. The van der Waals surface area contributed by atoms with Gasteiger partial charge in [0.05, 0.1) is 0 Å². The highest BCUT2D eigenvalue weighted by Gasteiger charge is 2.03. The average Bonchev–Trinajstić information content (AvgIpc) is 3.33. The Morgan fingerprint density at radius 1 is 0.627 bits per heavy atom. The van der Waals surface area contributed by atoms with Gasteiger partial charge < -0.3 is 0 Å². The Labute approximate surface area is 375 Å². The number of hydrogen-bond donors (Lipinski definition) is 0. The van der Waals surface area contributed by atoms with Gasteiger partial charge in [-0.25, -0.2) is 0 Å². The van der Waals surface area contributed by atoms with Crippen LogP contribution in [0, 0.1) is 5.92 Å². The van der Waals surface area contributed by atoms with Crippen LogP contribution >= 0.6 is 0 Å². The van der Waals surface area contributed by atoms with Crippen molar-refractivity contribution in [2.24, 2.45) is 5.92 Å². The lowest BCUT2D eigenvalue weighted by Gasteiger charge is -2.06. The summed E-state index contributed by atoms with van der Waals surface area (Å²) in [5.41, 5.74) is 13.4. The molecule has 1 aliphatic rings. The zero-order valence-corrected chi connectivity index (χ0v) is 42.3. The van der Waals surface area contributed by atoms with E-state index in [1.807, 2.05) is 40.7 Å². The molecule has 0 saturated carbocycles. The average molecular weight is 813 g/mol. The fraction of sp³-hybridized carbons (Fsp3) is 0.492. The standard InChI is InChI=1S/C13H18.C12H18.C7H14.C6H14.3C5H8.C5H12.CH4/c1-10(2)8-13-7-5-6-11(3)9-12(13)4;1-6-11(5)8-9-12(7-2)10(3)4;1-5-7(4)6(2)3;1-3-5-6-4-2;3*1-4-5(2)3;1-3-5-4-2;/h6-7,9H,1,5,8H2,2-4H3;7-9H,3,5-6H2,1-2,4H3;5-6H,1-4H3;3-6H2,1-2H3;3*4H,1-2H2,3H3;3-5H2,1-2H3;1H4/b;9-8-,12-7+;7-5-;;;;;;. The quantitative estimate of drug-likeness (QED) is 0.0878. The van der Waals surface area contributed by atoms with Crippen LogP contribution in [0.15, 0.2) is 181 Å². The number of allylic oxidation sites excluding steroid dienone is 21. The largest absolute Gasteiger partial charge is 0.0998 e. The summed E-state index contributed by atoms with van der Waals surface area (Å²) >= 11 is 0. The van der Waals surface area contributed by atoms with Crippen molar-refractivity contribution < 1.29 is 0 Å². The summed E-state index contributed by atoms with van der Waals surface area (Å²) in [6, 6.07) is 0. The molecule has 0 radical (unpaired) electrons. The van der Waals surface area contributed by atoms with Crippen molar-refractivity contribution in [3.05, 3.63) is 181 Å². The molecule has 0 fully saturated rings. The van der Waals surface area contributed by atoms with Crippen molar-refractivity contribution in [1.82, 2.24) is 0 Å². The van der Waals surface area contributed by atoms with E-state index in [1.54, 1.807) is 18.2 Å². The molecule has 0 nitrogen and oxygen atoms in total. The van der Waals surface area contributed by atoms with Crippen molar-refractivity contribution in [2.45, 2.75) is 189 Å². The number of unbranched alkanes of at least 4 members (excludes halogenated alkanes) is 5. The molecule has 0 unspecified atom stereocenters. The maximum absolute atomic E-state index is 3.95. The topological polar surface area (TPSA) is 0 Å². The van der Waals surface area contributed by atoms with Crippen LogP contribution in [0.5, 0.6) is 0 Å². The Kier molecular flexibility index (Phi) is 69.2. The van der Waals surface area contributed by atoms with Crippen molar-refractivity contribution in [2.75, 3.05) is 0 Å². The molecule has 0 aliphatic heterocycles. The van der Waals surface area contributed by atoms with E-state index < -0.39 is 0 Å². The summed E-state index contributed by atoms with van der Waals surface area (Å²) < 4.78 is 0. The minimum Gasteiger partial charge on any atom is -0.0998 e. The summed E-state index contributed by atoms with van der Waals surface area (Å²) in [6.07, 6.45) is 33.0. The highest BCUT2D eigenvalue weighted by molar-refractivity contribution is 5.40. The molecule has 0 bridgehead atoms. The van der Waals surface area contributed by atoms with Gasteiger partial charge in [-0.15, -0.1) is 0 Å². The maximum atomic E-state index is 3.95. The summed E-state index contributed by atoms with van der Waals surface area (Å²) in [6.45, 7) is 68.6. The second kappa shape index (κ2) is 56.2. The molecule has 1 rings (SSSR count). The molecule has 0 heterocycles. The van der Waals surface area contributed by atoms with Crippen molar-refractivity contribution in [3.63, 3.8) is 0 Å². The molecule has 0 aromatic rings. The third-order valence-electron chi connectivity index (χ3n) is 8.08. The first-order valence-electron chi connectivity index (χ1n) is 21.9. The van der Waals surface area contributed by atoms with Gasteiger partial charge in [-0.2, -0.15) is 0 Å². The minimum atomic E-state index is 0. The molecule has 0 heteroatoms. The fourth-order valence-corrected chi connectivity index (χ4v) is 3.58. The predicted molar refractivity (Wildman–Crippen MR) is 288 cm³/mol. The van der Waals surface area contributed by atoms with Crippen LogP contribution in [-0.2, 0) is 0 Å². The van der Waals surface area contributed by atoms with Crippen molar-refractivity contribution >= 4 is 0 Å². The van der Waals surface area contributed by atoms with Gasteiger partial charge in [-0.3, -0.25) is 0 Å². The summed E-state index contributed by atoms with van der Waals surface area (Å²) in [4.78, 5) is 0. The molecule has 0 N–H and O–H groups in total. The van der Waals surface area contributed by atoms with Gasteiger partial charge in [0.15, 0.2) is 0 Å². The van der Waals surface area contributed by atoms with Crippen molar-refractivity contribution in [1.29, 1.82) is 0 Å². The zero-order valence-electron chi connectivity index (χ0n) is 42.3. The minimum absolute atomic E-state index is 0. The van der Waals surface area contributed by atoms with Crippen LogP contribution in [-0.4, -0.2) is 0 Å². The molecule has 0 amide bonds. The van der Waals surface area contributed by atoms with Gasteiger partial charge in [-0.05, 0) is 111 Å². The molecule has 0 saturated heterocycles. The van der Waals surface area contributed by atoms with E-state index in [9.17, 15) is 0 Å². The highest BCUT2D eigenvalue weighted by atomic mass is 14.1. The van der Waals surface area contributed by atoms with E-state index in [0.29, 0.717) is 0 Å². The Morgan fingerprint density at radius 3 is 1.24 bits per heavy atom.